The number of quaternary nitrogens is 2. The van der Waals surface area contributed by atoms with Crippen LogP contribution in [0.5, 0.6) is 0 Å². The van der Waals surface area contributed by atoms with Crippen molar-refractivity contribution in [2.75, 3.05) is 0 Å². The number of benzene rings is 2. The number of nitrogens with zero attached hydrogens (tertiary/aromatic N) is 2. The Labute approximate surface area is 213 Å². The summed E-state index contributed by atoms with van der Waals surface area (Å²) in [6, 6.07) is 25.6. The van der Waals surface area contributed by atoms with E-state index < -0.39 is 0 Å². The second-order valence-electron chi connectivity index (χ2n) is 6.82. The highest BCUT2D eigenvalue weighted by molar-refractivity contribution is 5.61. The molecule has 2 aromatic carbocycles. The molecule has 0 aliphatic heterocycles. The molecule has 0 fully saturated rings. The van der Waals surface area contributed by atoms with Crippen molar-refractivity contribution in [3.05, 3.63) is 109 Å². The average Bonchev–Trinajstić information content (AvgIpc) is 2.79. The first kappa shape index (κ1) is 29.8. The zero-order chi connectivity index (χ0) is 19.3. The minimum atomic E-state index is 0. The molecule has 32 heavy (non-hydrogen) atoms. The molecule has 4 nitrogen and oxygen atoms in total. The molecule has 0 aliphatic rings. The summed E-state index contributed by atoms with van der Waals surface area (Å²) in [6.45, 7) is 1.63. The molecule has 0 atom stereocenters. The van der Waals surface area contributed by atoms with E-state index in [0.717, 1.165) is 24.5 Å². The molecule has 8 heteroatoms. The lowest BCUT2D eigenvalue weighted by Gasteiger charge is -2.02. The van der Waals surface area contributed by atoms with Crippen LogP contribution in [0.15, 0.2) is 97.6 Å². The van der Waals surface area contributed by atoms with E-state index in [-0.39, 0.29) is 49.6 Å². The second-order valence-corrected chi connectivity index (χ2v) is 6.82. The Hall–Kier alpha value is -2.18. The number of aromatic nitrogens is 2. The van der Waals surface area contributed by atoms with E-state index in [0.29, 0.717) is 0 Å². The van der Waals surface area contributed by atoms with Crippen molar-refractivity contribution < 1.29 is 70.2 Å². The standard InChI is InChI=1S/C24H24N4.4ClH/c25-17-19-1-5-23(6-2-19)27-13-9-21(10-14-27)22-11-15-28(16-12-22)24-7-3-20(18-26)4-8-24;;;;/h1-16H,17-18,25-26H2;4*1H/q+2;;;;/p-2. The Balaban J connectivity index is 0.00000240. The van der Waals surface area contributed by atoms with Gasteiger partial charge in [-0.25, -0.2) is 0 Å². The molecule has 170 valence electrons. The van der Waals surface area contributed by atoms with Crippen LogP contribution in [0.4, 0.5) is 0 Å². The van der Waals surface area contributed by atoms with E-state index in [9.17, 15) is 0 Å². The molecule has 2 heterocycles. The lowest BCUT2D eigenvalue weighted by atomic mass is 10.1. The lowest BCUT2D eigenvalue weighted by Crippen LogP contribution is -3.00. The summed E-state index contributed by atoms with van der Waals surface area (Å²) in [5.74, 6) is 0. The van der Waals surface area contributed by atoms with Crippen LogP contribution in [-0.2, 0) is 13.1 Å². The van der Waals surface area contributed by atoms with Gasteiger partial charge in [-0.1, -0.05) is 0 Å². The Morgan fingerprint density at radius 2 is 0.719 bits per heavy atom. The molecule has 6 N–H and O–H groups in total. The second kappa shape index (κ2) is 14.1. The Bertz CT molecular complexity index is 964. The van der Waals surface area contributed by atoms with Crippen LogP contribution in [0.3, 0.4) is 0 Å². The number of hydrogen-bond acceptors (Lipinski definition) is 0. The predicted octanol–water partition coefficient (Wildman–Crippen LogP) is -10.6. The molecular weight excluding hydrogens is 486 g/mol. The molecule has 0 radical (unpaired) electrons. The minimum Gasteiger partial charge on any atom is -1.00 e. The van der Waals surface area contributed by atoms with E-state index in [1.165, 1.54) is 22.3 Å². The number of halogens is 4. The normalized spacial score (nSPS) is 9.44. The van der Waals surface area contributed by atoms with Crippen LogP contribution in [0, 0.1) is 0 Å². The van der Waals surface area contributed by atoms with Crippen LogP contribution in [-0.4, -0.2) is 0 Å². The Kier molecular flexibility index (Phi) is 13.1. The van der Waals surface area contributed by atoms with Gasteiger partial charge in [0.1, 0.15) is 0 Å². The fraction of sp³-hybridized carbons (Fsp3) is 0.0833. The van der Waals surface area contributed by atoms with Gasteiger partial charge in [0.05, 0.1) is 13.1 Å². The van der Waals surface area contributed by atoms with Crippen molar-refractivity contribution >= 4 is 0 Å². The van der Waals surface area contributed by atoms with Crippen LogP contribution in [0.1, 0.15) is 11.1 Å². The summed E-state index contributed by atoms with van der Waals surface area (Å²) in [5.41, 5.74) is 15.1. The zero-order valence-electron chi connectivity index (χ0n) is 17.5. The molecule has 0 aliphatic carbocycles. The highest BCUT2D eigenvalue weighted by atomic mass is 35.5. The molecule has 0 amide bonds. The van der Waals surface area contributed by atoms with E-state index in [1.54, 1.807) is 0 Å². The summed E-state index contributed by atoms with van der Waals surface area (Å²) in [6.07, 6.45) is 8.42. The van der Waals surface area contributed by atoms with E-state index in [2.05, 4.69) is 118 Å². The molecule has 0 bridgehead atoms. The molecule has 4 rings (SSSR count). The minimum absolute atomic E-state index is 0. The highest BCUT2D eigenvalue weighted by Crippen LogP contribution is 2.17. The molecule has 0 spiro atoms. The first-order chi connectivity index (χ1) is 13.8. The summed E-state index contributed by atoms with van der Waals surface area (Å²) in [5, 5.41) is 0. The average molecular weight is 512 g/mol. The molecule has 4 aromatic rings. The van der Waals surface area contributed by atoms with Crippen molar-refractivity contribution in [1.29, 1.82) is 0 Å². The fourth-order valence-electron chi connectivity index (χ4n) is 3.25. The fourth-order valence-corrected chi connectivity index (χ4v) is 3.25. The summed E-state index contributed by atoms with van der Waals surface area (Å²) < 4.78 is 4.26. The van der Waals surface area contributed by atoms with Gasteiger partial charge in [-0.2, -0.15) is 9.13 Å². The SMILES string of the molecule is [Cl-].[Cl-].[Cl-].[Cl-].[NH3+]Cc1ccc(-[n+]2ccc(-c3cc[n+](-c4ccc(C[NH3+])cc4)cc3)cc2)cc1. The van der Waals surface area contributed by atoms with Crippen molar-refractivity contribution in [3.8, 4) is 22.5 Å². The van der Waals surface area contributed by atoms with Gasteiger partial charge in [-0.05, 0) is 35.4 Å². The lowest BCUT2D eigenvalue weighted by molar-refractivity contribution is -0.596. The van der Waals surface area contributed by atoms with E-state index in [1.807, 2.05) is 0 Å². The Morgan fingerprint density at radius 3 is 0.969 bits per heavy atom. The summed E-state index contributed by atoms with van der Waals surface area (Å²) in [7, 11) is 0. The van der Waals surface area contributed by atoms with Crippen LogP contribution in [0.2, 0.25) is 0 Å². The van der Waals surface area contributed by atoms with Gasteiger partial charge in [-0.3, -0.25) is 0 Å². The molecule has 0 saturated carbocycles. The van der Waals surface area contributed by atoms with Crippen LogP contribution in [0.25, 0.3) is 22.5 Å². The molecule has 0 saturated heterocycles. The monoisotopic (exact) mass is 510 g/mol. The molecule has 2 aromatic heterocycles. The maximum absolute atomic E-state index is 3.93. The van der Waals surface area contributed by atoms with Crippen molar-refractivity contribution in [1.82, 2.24) is 0 Å². The topological polar surface area (TPSA) is 63.0 Å². The third kappa shape index (κ3) is 6.91. The third-order valence-electron chi connectivity index (χ3n) is 5.04. The molecular formula is C24H26Cl4N4. The number of hydrogen-bond donors (Lipinski definition) is 2. The van der Waals surface area contributed by atoms with Gasteiger partial charge in [-0.15, -0.1) is 0 Å². The number of rotatable bonds is 5. The van der Waals surface area contributed by atoms with Gasteiger partial charge in [0.2, 0.25) is 11.4 Å². The van der Waals surface area contributed by atoms with E-state index in [4.69, 9.17) is 0 Å². The zero-order valence-corrected chi connectivity index (χ0v) is 20.5. The van der Waals surface area contributed by atoms with Crippen LogP contribution >= 0.6 is 0 Å². The van der Waals surface area contributed by atoms with E-state index >= 15 is 0 Å². The number of pyridine rings is 2. The van der Waals surface area contributed by atoms with Gasteiger partial charge in [0.25, 0.3) is 0 Å². The maximum Gasteiger partial charge on any atom is 0.210 e. The van der Waals surface area contributed by atoms with Crippen molar-refractivity contribution in [2.45, 2.75) is 13.1 Å². The predicted molar refractivity (Wildman–Crippen MR) is 108 cm³/mol. The summed E-state index contributed by atoms with van der Waals surface area (Å²) >= 11 is 0. The quantitative estimate of drug-likeness (QED) is 0.250. The first-order valence-corrected chi connectivity index (χ1v) is 9.57. The Morgan fingerprint density at radius 1 is 0.438 bits per heavy atom. The highest BCUT2D eigenvalue weighted by Gasteiger charge is 2.09. The van der Waals surface area contributed by atoms with Crippen molar-refractivity contribution in [3.63, 3.8) is 0 Å². The van der Waals surface area contributed by atoms with Gasteiger partial charge >= 0.3 is 0 Å². The smallest absolute Gasteiger partial charge is 0.210 e. The third-order valence-corrected chi connectivity index (χ3v) is 5.04. The molecule has 0 unspecified atom stereocenters. The van der Waals surface area contributed by atoms with Crippen LogP contribution < -0.4 is 70.2 Å². The maximum atomic E-state index is 3.93. The van der Waals surface area contributed by atoms with Gasteiger partial charge in [0, 0.05) is 59.7 Å². The van der Waals surface area contributed by atoms with Gasteiger partial charge in [0.15, 0.2) is 24.8 Å². The largest absolute Gasteiger partial charge is 1.00 e. The van der Waals surface area contributed by atoms with Gasteiger partial charge < -0.3 is 61.1 Å². The van der Waals surface area contributed by atoms with Crippen molar-refractivity contribution in [2.24, 2.45) is 0 Å². The first-order valence-electron chi connectivity index (χ1n) is 9.57. The summed E-state index contributed by atoms with van der Waals surface area (Å²) in [4.78, 5) is 0.